The van der Waals surface area contributed by atoms with Crippen molar-refractivity contribution in [3.8, 4) is 5.75 Å². The van der Waals surface area contributed by atoms with Crippen molar-refractivity contribution in [3.05, 3.63) is 27.7 Å². The molecule has 0 spiro atoms. The summed E-state index contributed by atoms with van der Waals surface area (Å²) in [5.41, 5.74) is 0. The van der Waals surface area contributed by atoms with Crippen LogP contribution in [-0.4, -0.2) is 31.6 Å². The number of carbonyl (C=O) groups excluding carboxylic acids is 2. The highest BCUT2D eigenvalue weighted by Crippen LogP contribution is 2.27. The average molecular weight is 365 g/mol. The maximum atomic E-state index is 11.4. The maximum absolute atomic E-state index is 11.4. The van der Waals surface area contributed by atoms with Gasteiger partial charge in [-0.3, -0.25) is 4.79 Å². The van der Waals surface area contributed by atoms with Crippen LogP contribution in [0, 0.1) is 0 Å². The molecule has 5 nitrogen and oxygen atoms in total. The summed E-state index contributed by atoms with van der Waals surface area (Å²) in [5, 5.41) is 3.15. The molecule has 20 heavy (non-hydrogen) atoms. The second-order valence-corrected chi connectivity index (χ2v) is 5.16. The van der Waals surface area contributed by atoms with E-state index < -0.39 is 5.97 Å². The number of amides is 1. The van der Waals surface area contributed by atoms with E-state index in [2.05, 4.69) is 21.2 Å². The molecule has 0 fully saturated rings. The second kappa shape index (κ2) is 8.81. The fourth-order valence-electron chi connectivity index (χ4n) is 1.23. The fourth-order valence-corrected chi connectivity index (χ4v) is 2.03. The molecule has 0 radical (unpaired) electrons. The summed E-state index contributed by atoms with van der Waals surface area (Å²) in [6, 6.07) is 4.93. The number of benzene rings is 1. The third-order valence-corrected chi connectivity index (χ3v) is 3.03. The highest BCUT2D eigenvalue weighted by molar-refractivity contribution is 9.10. The average Bonchev–Trinajstić information content (AvgIpc) is 2.41. The first-order valence-electron chi connectivity index (χ1n) is 6.03. The molecular formula is C13H15BrClNO4. The third kappa shape index (κ3) is 6.25. The number of carbonyl (C=O) groups is 2. The van der Waals surface area contributed by atoms with Gasteiger partial charge < -0.3 is 14.8 Å². The molecule has 0 saturated carbocycles. The molecule has 0 saturated heterocycles. The summed E-state index contributed by atoms with van der Waals surface area (Å²) in [4.78, 5) is 22.6. The largest absolute Gasteiger partial charge is 0.481 e. The zero-order valence-electron chi connectivity index (χ0n) is 10.9. The Hall–Kier alpha value is -1.27. The first kappa shape index (κ1) is 16.8. The number of halogens is 2. The molecule has 0 aliphatic rings. The summed E-state index contributed by atoms with van der Waals surface area (Å²) < 4.78 is 10.7. The lowest BCUT2D eigenvalue weighted by Gasteiger charge is -2.08. The van der Waals surface area contributed by atoms with Gasteiger partial charge in [-0.1, -0.05) is 18.5 Å². The molecule has 1 amide bonds. The molecular weight excluding hydrogens is 350 g/mol. The van der Waals surface area contributed by atoms with Gasteiger partial charge in [0.1, 0.15) is 5.75 Å². The van der Waals surface area contributed by atoms with E-state index in [-0.39, 0.29) is 19.1 Å². The summed E-state index contributed by atoms with van der Waals surface area (Å²) in [6.07, 6.45) is 0.827. The minimum absolute atomic E-state index is 0.276. The molecule has 0 aliphatic heterocycles. The SMILES string of the molecule is CCCNC(=O)COC(=O)COc1ccc(Cl)cc1Br. The van der Waals surface area contributed by atoms with Crippen LogP contribution in [-0.2, 0) is 14.3 Å². The van der Waals surface area contributed by atoms with Gasteiger partial charge in [0, 0.05) is 11.6 Å². The summed E-state index contributed by atoms with van der Waals surface area (Å²) in [7, 11) is 0. The standard InChI is InChI=1S/C13H15BrClNO4/c1-2-5-16-12(17)7-20-13(18)8-19-11-4-3-9(15)6-10(11)14/h3-4,6H,2,5,7-8H2,1H3,(H,16,17). The van der Waals surface area contributed by atoms with Gasteiger partial charge in [-0.05, 0) is 40.5 Å². The van der Waals surface area contributed by atoms with Crippen LogP contribution in [0.25, 0.3) is 0 Å². The van der Waals surface area contributed by atoms with Gasteiger partial charge in [-0.25, -0.2) is 4.79 Å². The van der Waals surface area contributed by atoms with E-state index in [1.165, 1.54) is 0 Å². The molecule has 0 bridgehead atoms. The Morgan fingerprint density at radius 2 is 2.10 bits per heavy atom. The molecule has 1 aromatic carbocycles. The lowest BCUT2D eigenvalue weighted by molar-refractivity contribution is -0.150. The van der Waals surface area contributed by atoms with Crippen LogP contribution < -0.4 is 10.1 Å². The Kier molecular flexibility index (Phi) is 7.40. The zero-order valence-corrected chi connectivity index (χ0v) is 13.3. The van der Waals surface area contributed by atoms with E-state index in [0.717, 1.165) is 6.42 Å². The molecule has 7 heteroatoms. The van der Waals surface area contributed by atoms with Gasteiger partial charge in [0.2, 0.25) is 0 Å². The van der Waals surface area contributed by atoms with E-state index in [9.17, 15) is 9.59 Å². The highest BCUT2D eigenvalue weighted by Gasteiger charge is 2.09. The van der Waals surface area contributed by atoms with E-state index in [1.807, 2.05) is 6.92 Å². The van der Waals surface area contributed by atoms with Crippen LogP contribution in [0.1, 0.15) is 13.3 Å². The van der Waals surface area contributed by atoms with Crippen LogP contribution in [0.5, 0.6) is 5.75 Å². The smallest absolute Gasteiger partial charge is 0.344 e. The summed E-state index contributed by atoms with van der Waals surface area (Å²) in [5.74, 6) is -0.465. The topological polar surface area (TPSA) is 64.6 Å². The van der Waals surface area contributed by atoms with Crippen molar-refractivity contribution < 1.29 is 19.1 Å². The first-order valence-corrected chi connectivity index (χ1v) is 7.20. The minimum Gasteiger partial charge on any atom is -0.481 e. The number of nitrogens with one attached hydrogen (secondary N) is 1. The van der Waals surface area contributed by atoms with Crippen LogP contribution in [0.3, 0.4) is 0 Å². The third-order valence-electron chi connectivity index (χ3n) is 2.18. The van der Waals surface area contributed by atoms with Crippen molar-refractivity contribution >= 4 is 39.4 Å². The molecule has 0 unspecified atom stereocenters. The quantitative estimate of drug-likeness (QED) is 0.755. The summed E-state index contributed by atoms with van der Waals surface area (Å²) in [6.45, 7) is 1.92. The molecule has 110 valence electrons. The lowest BCUT2D eigenvalue weighted by atomic mass is 10.3. The first-order chi connectivity index (χ1) is 9.52. The Bertz CT molecular complexity index is 481. The molecule has 0 atom stereocenters. The van der Waals surface area contributed by atoms with Gasteiger partial charge in [0.25, 0.3) is 5.91 Å². The normalized spacial score (nSPS) is 9.95. The zero-order chi connectivity index (χ0) is 15.0. The maximum Gasteiger partial charge on any atom is 0.344 e. The predicted octanol–water partition coefficient (Wildman–Crippen LogP) is 2.55. The van der Waals surface area contributed by atoms with E-state index in [1.54, 1.807) is 18.2 Å². The molecule has 1 N–H and O–H groups in total. The fraction of sp³-hybridized carbons (Fsp3) is 0.385. The van der Waals surface area contributed by atoms with Gasteiger partial charge in [0.05, 0.1) is 4.47 Å². The number of hydrogen-bond acceptors (Lipinski definition) is 4. The van der Waals surface area contributed by atoms with Crippen LogP contribution in [0.2, 0.25) is 5.02 Å². The van der Waals surface area contributed by atoms with E-state index in [0.29, 0.717) is 21.8 Å². The van der Waals surface area contributed by atoms with Crippen molar-refractivity contribution in [3.63, 3.8) is 0 Å². The number of rotatable bonds is 7. The van der Waals surface area contributed by atoms with Crippen molar-refractivity contribution in [1.82, 2.24) is 5.32 Å². The van der Waals surface area contributed by atoms with Crippen LogP contribution >= 0.6 is 27.5 Å². The second-order valence-electron chi connectivity index (χ2n) is 3.87. The van der Waals surface area contributed by atoms with Crippen molar-refractivity contribution in [2.45, 2.75) is 13.3 Å². The van der Waals surface area contributed by atoms with Crippen molar-refractivity contribution in [2.75, 3.05) is 19.8 Å². The van der Waals surface area contributed by atoms with Crippen molar-refractivity contribution in [1.29, 1.82) is 0 Å². The molecule has 0 heterocycles. The molecule has 0 aromatic heterocycles. The highest BCUT2D eigenvalue weighted by atomic mass is 79.9. The Labute approximate surface area is 130 Å². The lowest BCUT2D eigenvalue weighted by Crippen LogP contribution is -2.30. The van der Waals surface area contributed by atoms with E-state index >= 15 is 0 Å². The van der Waals surface area contributed by atoms with E-state index in [4.69, 9.17) is 21.1 Å². The molecule has 1 aromatic rings. The van der Waals surface area contributed by atoms with Gasteiger partial charge in [-0.2, -0.15) is 0 Å². The molecule has 0 aliphatic carbocycles. The van der Waals surface area contributed by atoms with Gasteiger partial charge >= 0.3 is 5.97 Å². The Morgan fingerprint density at radius 1 is 1.35 bits per heavy atom. The van der Waals surface area contributed by atoms with Crippen LogP contribution in [0.4, 0.5) is 0 Å². The number of esters is 1. The van der Waals surface area contributed by atoms with Gasteiger partial charge in [-0.15, -0.1) is 0 Å². The Morgan fingerprint density at radius 3 is 2.75 bits per heavy atom. The minimum atomic E-state index is -0.613. The molecule has 1 rings (SSSR count). The van der Waals surface area contributed by atoms with Crippen LogP contribution in [0.15, 0.2) is 22.7 Å². The number of ether oxygens (including phenoxy) is 2. The predicted molar refractivity (Wildman–Crippen MR) is 78.9 cm³/mol. The van der Waals surface area contributed by atoms with Gasteiger partial charge in [0.15, 0.2) is 13.2 Å². The summed E-state index contributed by atoms with van der Waals surface area (Å²) >= 11 is 9.05. The van der Waals surface area contributed by atoms with Crippen molar-refractivity contribution in [2.24, 2.45) is 0 Å². The number of hydrogen-bond donors (Lipinski definition) is 1. The Balaban J connectivity index is 2.31. The monoisotopic (exact) mass is 363 g/mol.